The van der Waals surface area contributed by atoms with Crippen molar-refractivity contribution in [3.63, 3.8) is 0 Å². The summed E-state index contributed by atoms with van der Waals surface area (Å²) in [4.78, 5) is 19.3. The van der Waals surface area contributed by atoms with Gasteiger partial charge in [0.1, 0.15) is 6.61 Å². The lowest BCUT2D eigenvalue weighted by molar-refractivity contribution is -0.125. The summed E-state index contributed by atoms with van der Waals surface area (Å²) in [5, 5.41) is 3.02. The van der Waals surface area contributed by atoms with Gasteiger partial charge in [-0.1, -0.05) is 0 Å². The molecule has 1 N–H and O–H groups in total. The standard InChI is InChI=1S/C17H32N4O2/c1-19-5-7-20(8-6-19)11-15-12-21-4-3-14(15)9-16(21)10-18-17(22)13-23-2/h14-16H,3-13H2,1-2H3,(H,18,22). The first-order valence-electron chi connectivity index (χ1n) is 9.06. The predicted molar refractivity (Wildman–Crippen MR) is 90.4 cm³/mol. The number of fused-ring (bicyclic) bond motifs is 3. The van der Waals surface area contributed by atoms with Crippen molar-refractivity contribution in [2.45, 2.75) is 18.9 Å². The van der Waals surface area contributed by atoms with E-state index in [1.165, 1.54) is 58.7 Å². The first kappa shape index (κ1) is 17.1. The molecule has 4 fully saturated rings. The molecule has 4 aliphatic rings. The molecule has 4 rings (SSSR count). The second-order valence-corrected chi connectivity index (χ2v) is 7.53. The maximum Gasteiger partial charge on any atom is 0.246 e. The summed E-state index contributed by atoms with van der Waals surface area (Å²) in [7, 11) is 3.78. The van der Waals surface area contributed by atoms with Gasteiger partial charge in [-0.25, -0.2) is 0 Å². The van der Waals surface area contributed by atoms with Crippen molar-refractivity contribution in [1.29, 1.82) is 0 Å². The maximum atomic E-state index is 11.6. The van der Waals surface area contributed by atoms with Gasteiger partial charge in [0.15, 0.2) is 0 Å². The van der Waals surface area contributed by atoms with Crippen LogP contribution in [-0.4, -0.2) is 99.8 Å². The average molecular weight is 324 g/mol. The number of likely N-dealkylation sites (N-methyl/N-ethyl adjacent to an activating group) is 1. The number of carbonyl (C=O) groups excluding carboxylic acids is 1. The van der Waals surface area contributed by atoms with Gasteiger partial charge in [0.05, 0.1) is 0 Å². The fourth-order valence-electron chi connectivity index (χ4n) is 4.44. The highest BCUT2D eigenvalue weighted by atomic mass is 16.5. The minimum absolute atomic E-state index is 0.00383. The number of nitrogens with zero attached hydrogens (tertiary/aromatic N) is 3. The van der Waals surface area contributed by atoms with Crippen molar-refractivity contribution in [2.24, 2.45) is 11.8 Å². The van der Waals surface area contributed by atoms with E-state index in [0.29, 0.717) is 6.04 Å². The summed E-state index contributed by atoms with van der Waals surface area (Å²) < 4.78 is 4.88. The molecule has 4 saturated heterocycles. The van der Waals surface area contributed by atoms with Gasteiger partial charge >= 0.3 is 0 Å². The Morgan fingerprint density at radius 3 is 2.65 bits per heavy atom. The van der Waals surface area contributed by atoms with E-state index in [1.807, 2.05) is 0 Å². The molecular weight excluding hydrogens is 292 g/mol. The van der Waals surface area contributed by atoms with Gasteiger partial charge in [-0.05, 0) is 38.3 Å². The summed E-state index contributed by atoms with van der Waals surface area (Å²) in [5.41, 5.74) is 0. The van der Waals surface area contributed by atoms with Crippen molar-refractivity contribution in [3.8, 4) is 0 Å². The molecule has 4 unspecified atom stereocenters. The Kier molecular flexibility index (Phi) is 5.91. The zero-order valence-electron chi connectivity index (χ0n) is 14.7. The molecule has 6 heteroatoms. The second-order valence-electron chi connectivity index (χ2n) is 7.53. The lowest BCUT2D eigenvalue weighted by Crippen LogP contribution is -2.59. The molecule has 2 bridgehead atoms. The topological polar surface area (TPSA) is 48.1 Å². The summed E-state index contributed by atoms with van der Waals surface area (Å²) >= 11 is 0. The van der Waals surface area contributed by atoms with Crippen molar-refractivity contribution < 1.29 is 9.53 Å². The van der Waals surface area contributed by atoms with E-state index in [9.17, 15) is 4.79 Å². The number of ether oxygens (including phenoxy) is 1. The summed E-state index contributed by atoms with van der Waals surface area (Å²) in [6, 6.07) is 0.526. The normalized spacial score (nSPS) is 35.4. The number of hydrogen-bond acceptors (Lipinski definition) is 5. The average Bonchev–Trinajstić information content (AvgIpc) is 2.56. The summed E-state index contributed by atoms with van der Waals surface area (Å²) in [5.74, 6) is 1.66. The monoisotopic (exact) mass is 324 g/mol. The smallest absolute Gasteiger partial charge is 0.246 e. The first-order valence-corrected chi connectivity index (χ1v) is 9.06. The van der Waals surface area contributed by atoms with Gasteiger partial charge in [0.2, 0.25) is 5.91 Å². The van der Waals surface area contributed by atoms with Crippen LogP contribution in [0.5, 0.6) is 0 Å². The van der Waals surface area contributed by atoms with E-state index in [4.69, 9.17) is 4.74 Å². The van der Waals surface area contributed by atoms with E-state index in [2.05, 4.69) is 27.1 Å². The minimum atomic E-state index is 0.00383. The predicted octanol–water partition coefficient (Wildman–Crippen LogP) is -0.293. The molecule has 23 heavy (non-hydrogen) atoms. The lowest BCUT2D eigenvalue weighted by Gasteiger charge is -2.51. The van der Waals surface area contributed by atoms with Crippen LogP contribution in [0, 0.1) is 11.8 Å². The molecule has 0 aliphatic carbocycles. The fourth-order valence-corrected chi connectivity index (χ4v) is 4.44. The van der Waals surface area contributed by atoms with Gasteiger partial charge < -0.3 is 19.9 Å². The molecule has 1 amide bonds. The van der Waals surface area contributed by atoms with Gasteiger partial charge in [-0.3, -0.25) is 9.69 Å². The number of rotatable bonds is 6. The van der Waals surface area contributed by atoms with Crippen LogP contribution in [0.25, 0.3) is 0 Å². The third-order valence-electron chi connectivity index (χ3n) is 5.91. The number of piperazine rings is 1. The lowest BCUT2D eigenvalue weighted by atomic mass is 9.75. The van der Waals surface area contributed by atoms with Crippen molar-refractivity contribution in [1.82, 2.24) is 20.0 Å². The molecular formula is C17H32N4O2. The molecule has 0 aromatic rings. The molecule has 4 atom stereocenters. The summed E-state index contributed by atoms with van der Waals surface area (Å²) in [6.07, 6.45) is 2.58. The quantitative estimate of drug-likeness (QED) is 0.727. The van der Waals surface area contributed by atoms with E-state index >= 15 is 0 Å². The van der Waals surface area contributed by atoms with Crippen LogP contribution in [0.2, 0.25) is 0 Å². The Morgan fingerprint density at radius 2 is 2.00 bits per heavy atom. The van der Waals surface area contributed by atoms with Gasteiger partial charge in [-0.15, -0.1) is 0 Å². The SMILES string of the molecule is COCC(=O)NCC1CC2CCN1CC2CN1CCN(C)CC1. The zero-order valence-corrected chi connectivity index (χ0v) is 14.7. The Balaban J connectivity index is 1.44. The molecule has 0 aromatic carbocycles. The molecule has 0 spiro atoms. The molecule has 0 saturated carbocycles. The minimum Gasteiger partial charge on any atom is -0.375 e. The van der Waals surface area contributed by atoms with Crippen LogP contribution in [-0.2, 0) is 9.53 Å². The van der Waals surface area contributed by atoms with Crippen molar-refractivity contribution in [3.05, 3.63) is 0 Å². The Labute approximate surface area is 140 Å². The number of hydrogen-bond donors (Lipinski definition) is 1. The zero-order chi connectivity index (χ0) is 16.2. The number of piperidine rings is 3. The van der Waals surface area contributed by atoms with E-state index in [-0.39, 0.29) is 12.5 Å². The van der Waals surface area contributed by atoms with Crippen LogP contribution in [0.15, 0.2) is 0 Å². The Hall–Kier alpha value is -0.690. The van der Waals surface area contributed by atoms with Crippen molar-refractivity contribution >= 4 is 5.91 Å². The van der Waals surface area contributed by atoms with Crippen LogP contribution in [0.4, 0.5) is 0 Å². The molecule has 4 aliphatic heterocycles. The van der Waals surface area contributed by atoms with Crippen LogP contribution in [0.3, 0.4) is 0 Å². The van der Waals surface area contributed by atoms with E-state index in [1.54, 1.807) is 7.11 Å². The van der Waals surface area contributed by atoms with Gasteiger partial charge in [-0.2, -0.15) is 0 Å². The Morgan fingerprint density at radius 1 is 1.22 bits per heavy atom. The second kappa shape index (κ2) is 7.92. The Bertz CT molecular complexity index is 398. The van der Waals surface area contributed by atoms with Gasteiger partial charge in [0.25, 0.3) is 0 Å². The third kappa shape index (κ3) is 4.44. The molecule has 6 nitrogen and oxygen atoms in total. The van der Waals surface area contributed by atoms with Crippen LogP contribution >= 0.6 is 0 Å². The molecule has 0 radical (unpaired) electrons. The molecule has 0 aromatic heterocycles. The van der Waals surface area contributed by atoms with Crippen LogP contribution in [0.1, 0.15) is 12.8 Å². The maximum absolute atomic E-state index is 11.6. The van der Waals surface area contributed by atoms with Gasteiger partial charge in [0, 0.05) is 59.0 Å². The van der Waals surface area contributed by atoms with Crippen LogP contribution < -0.4 is 5.32 Å². The third-order valence-corrected chi connectivity index (χ3v) is 5.91. The molecule has 132 valence electrons. The van der Waals surface area contributed by atoms with E-state index in [0.717, 1.165) is 18.4 Å². The first-order chi connectivity index (χ1) is 11.2. The number of methoxy groups -OCH3 is 1. The van der Waals surface area contributed by atoms with Crippen molar-refractivity contribution in [2.75, 3.05) is 73.1 Å². The van der Waals surface area contributed by atoms with E-state index < -0.39 is 0 Å². The highest BCUT2D eigenvalue weighted by Crippen LogP contribution is 2.36. The number of amides is 1. The highest BCUT2D eigenvalue weighted by Gasteiger charge is 2.40. The largest absolute Gasteiger partial charge is 0.375 e. The summed E-state index contributed by atoms with van der Waals surface area (Å²) in [6.45, 7) is 9.47. The highest BCUT2D eigenvalue weighted by molar-refractivity contribution is 5.77. The number of nitrogens with one attached hydrogen (secondary N) is 1. The fraction of sp³-hybridized carbons (Fsp3) is 0.941. The number of carbonyl (C=O) groups is 1. The molecule has 4 heterocycles.